The van der Waals surface area contributed by atoms with E-state index in [0.29, 0.717) is 4.91 Å². The first-order chi connectivity index (χ1) is 10.6. The van der Waals surface area contributed by atoms with Crippen molar-refractivity contribution in [1.82, 2.24) is 4.90 Å². The molecule has 2 heterocycles. The van der Waals surface area contributed by atoms with E-state index in [4.69, 9.17) is 0 Å². The van der Waals surface area contributed by atoms with Gasteiger partial charge < -0.3 is 15.1 Å². The topological polar surface area (TPSA) is 121 Å². The molecule has 1 fully saturated rings. The number of hydrogen-bond donors (Lipinski definition) is 2. The molecule has 1 amide bonds. The number of rotatable bonds is 7. The molecular formula is C13H19NO7S2. The number of thioether (sulfide) groups is 1. The summed E-state index contributed by atoms with van der Waals surface area (Å²) in [5, 5.41) is 19.1. The van der Waals surface area contributed by atoms with Crippen molar-refractivity contribution in [2.24, 2.45) is 11.8 Å². The van der Waals surface area contributed by atoms with Gasteiger partial charge in [0.1, 0.15) is 5.70 Å². The van der Waals surface area contributed by atoms with E-state index in [0.717, 1.165) is 6.26 Å². The molecule has 0 aliphatic carbocycles. The van der Waals surface area contributed by atoms with Crippen molar-refractivity contribution in [1.29, 1.82) is 0 Å². The highest BCUT2D eigenvalue weighted by Crippen LogP contribution is 2.50. The summed E-state index contributed by atoms with van der Waals surface area (Å²) in [6.45, 7) is 3.23. The number of carbonyl (C=O) groups excluding carboxylic acids is 1. The first-order valence-electron chi connectivity index (χ1n) is 7.02. The number of carboxylic acids is 1. The number of amides is 1. The maximum atomic E-state index is 12.1. The first-order valence-corrected chi connectivity index (χ1v) is 9.82. The highest BCUT2D eigenvalue weighted by molar-refractivity contribution is 8.03. The van der Waals surface area contributed by atoms with Crippen LogP contribution in [0.3, 0.4) is 0 Å². The minimum absolute atomic E-state index is 0.0752. The lowest BCUT2D eigenvalue weighted by molar-refractivity contribution is -0.163. The molecule has 2 aliphatic rings. The molecule has 1 saturated heterocycles. The SMILES string of the molecule is CC(O)C1C(=O)N2C(C(=O)O)=C(SCCOS(C)(=O)=O)C(C)C12. The fourth-order valence-electron chi connectivity index (χ4n) is 3.05. The van der Waals surface area contributed by atoms with Crippen molar-refractivity contribution in [3.8, 4) is 0 Å². The molecular weight excluding hydrogens is 346 g/mol. The van der Waals surface area contributed by atoms with Crippen LogP contribution in [0.1, 0.15) is 13.8 Å². The van der Waals surface area contributed by atoms with Gasteiger partial charge >= 0.3 is 5.97 Å². The van der Waals surface area contributed by atoms with Crippen molar-refractivity contribution in [2.45, 2.75) is 26.0 Å². The molecule has 4 unspecified atom stereocenters. The van der Waals surface area contributed by atoms with Gasteiger partial charge in [-0.1, -0.05) is 6.92 Å². The lowest BCUT2D eigenvalue weighted by atomic mass is 9.79. The number of hydrogen-bond acceptors (Lipinski definition) is 7. The average molecular weight is 365 g/mol. The predicted octanol–water partition coefficient (Wildman–Crippen LogP) is -0.150. The molecule has 0 aromatic heterocycles. The monoisotopic (exact) mass is 365 g/mol. The van der Waals surface area contributed by atoms with E-state index in [1.807, 2.05) is 0 Å². The lowest BCUT2D eigenvalue weighted by Crippen LogP contribution is -2.63. The fraction of sp³-hybridized carbons (Fsp3) is 0.692. The van der Waals surface area contributed by atoms with Gasteiger partial charge in [-0.25, -0.2) is 4.79 Å². The van der Waals surface area contributed by atoms with Crippen LogP contribution in [0.25, 0.3) is 0 Å². The van der Waals surface area contributed by atoms with Crippen LogP contribution in [-0.2, 0) is 23.9 Å². The fourth-order valence-corrected chi connectivity index (χ4v) is 4.66. The number of fused-ring (bicyclic) bond motifs is 1. The van der Waals surface area contributed by atoms with Crippen LogP contribution < -0.4 is 0 Å². The van der Waals surface area contributed by atoms with Gasteiger partial charge in [-0.2, -0.15) is 8.42 Å². The van der Waals surface area contributed by atoms with Gasteiger partial charge in [-0.3, -0.25) is 8.98 Å². The molecule has 0 bridgehead atoms. The number of aliphatic hydroxyl groups excluding tert-OH is 1. The van der Waals surface area contributed by atoms with Crippen LogP contribution in [0.5, 0.6) is 0 Å². The smallest absolute Gasteiger partial charge is 0.353 e. The molecule has 2 aliphatic heterocycles. The van der Waals surface area contributed by atoms with Gasteiger partial charge in [0.05, 0.1) is 30.9 Å². The standard InChI is InChI=1S/C13H19NO7S2/c1-6-9-8(7(2)15)12(16)14(9)10(13(17)18)11(6)22-5-4-21-23(3,19)20/h6-9,15H,4-5H2,1-3H3,(H,17,18). The third-order valence-electron chi connectivity index (χ3n) is 3.95. The molecule has 8 nitrogen and oxygen atoms in total. The molecule has 0 aromatic carbocycles. The van der Waals surface area contributed by atoms with E-state index in [1.165, 1.54) is 23.6 Å². The normalized spacial score (nSPS) is 28.6. The quantitative estimate of drug-likeness (QED) is 0.363. The lowest BCUT2D eigenvalue weighted by Gasteiger charge is -2.46. The zero-order chi connectivity index (χ0) is 17.5. The largest absolute Gasteiger partial charge is 0.477 e. The van der Waals surface area contributed by atoms with E-state index < -0.39 is 34.0 Å². The summed E-state index contributed by atoms with van der Waals surface area (Å²) in [6.07, 6.45) is 0.0921. The zero-order valence-electron chi connectivity index (χ0n) is 12.9. The van der Waals surface area contributed by atoms with E-state index in [1.54, 1.807) is 6.92 Å². The van der Waals surface area contributed by atoms with Gasteiger partial charge in [0.25, 0.3) is 10.1 Å². The summed E-state index contributed by atoms with van der Waals surface area (Å²) >= 11 is 1.17. The van der Waals surface area contributed by atoms with Crippen LogP contribution in [0.2, 0.25) is 0 Å². The highest BCUT2D eigenvalue weighted by Gasteiger charge is 2.59. The predicted molar refractivity (Wildman–Crippen MR) is 82.9 cm³/mol. The summed E-state index contributed by atoms with van der Waals surface area (Å²) < 4.78 is 26.5. The van der Waals surface area contributed by atoms with Gasteiger partial charge in [0, 0.05) is 16.6 Å². The number of nitrogens with zero attached hydrogens (tertiary/aromatic N) is 1. The van der Waals surface area contributed by atoms with E-state index in [-0.39, 0.29) is 30.0 Å². The molecule has 0 aromatic rings. The molecule has 130 valence electrons. The molecule has 0 saturated carbocycles. The molecule has 0 spiro atoms. The summed E-state index contributed by atoms with van der Waals surface area (Å²) in [7, 11) is -3.54. The van der Waals surface area contributed by atoms with Gasteiger partial charge in [-0.05, 0) is 6.92 Å². The highest BCUT2D eigenvalue weighted by atomic mass is 32.2. The molecule has 2 rings (SSSR count). The Labute approximate surface area is 138 Å². The summed E-state index contributed by atoms with van der Waals surface area (Å²) in [4.78, 5) is 25.4. The zero-order valence-corrected chi connectivity index (χ0v) is 14.6. The van der Waals surface area contributed by atoms with E-state index in [2.05, 4.69) is 4.18 Å². The van der Waals surface area contributed by atoms with Crippen LogP contribution in [-0.4, -0.2) is 66.2 Å². The average Bonchev–Trinajstić information content (AvgIpc) is 2.63. The Balaban J connectivity index is 2.14. The second kappa shape index (κ2) is 6.42. The summed E-state index contributed by atoms with van der Waals surface area (Å²) in [5.74, 6) is -2.19. The van der Waals surface area contributed by atoms with Crippen LogP contribution in [0, 0.1) is 11.8 Å². The Kier molecular flexibility index (Phi) is 5.09. The van der Waals surface area contributed by atoms with Crippen LogP contribution in [0.4, 0.5) is 0 Å². The number of carbonyl (C=O) groups is 2. The third kappa shape index (κ3) is 3.39. The van der Waals surface area contributed by atoms with Crippen molar-refractivity contribution >= 4 is 33.8 Å². The third-order valence-corrected chi connectivity index (χ3v) is 5.79. The van der Waals surface area contributed by atoms with Crippen molar-refractivity contribution in [2.75, 3.05) is 18.6 Å². The van der Waals surface area contributed by atoms with Crippen molar-refractivity contribution < 1.29 is 32.4 Å². The number of aliphatic hydroxyl groups is 1. The van der Waals surface area contributed by atoms with Crippen LogP contribution >= 0.6 is 11.8 Å². The number of aliphatic carboxylic acids is 1. The van der Waals surface area contributed by atoms with E-state index in [9.17, 15) is 28.2 Å². The Hall–Kier alpha value is -1.10. The van der Waals surface area contributed by atoms with Crippen molar-refractivity contribution in [3.63, 3.8) is 0 Å². The van der Waals surface area contributed by atoms with Crippen LogP contribution in [0.15, 0.2) is 10.6 Å². The van der Waals surface area contributed by atoms with Gasteiger partial charge in [-0.15, -0.1) is 11.8 Å². The van der Waals surface area contributed by atoms with Crippen molar-refractivity contribution in [3.05, 3.63) is 10.6 Å². The second-order valence-corrected chi connectivity index (χ2v) is 8.43. The molecule has 2 N–H and O–H groups in total. The Bertz CT molecular complexity index is 655. The summed E-state index contributed by atoms with van der Waals surface area (Å²) in [5.41, 5.74) is -0.0752. The molecule has 0 radical (unpaired) electrons. The maximum Gasteiger partial charge on any atom is 0.353 e. The molecule has 4 atom stereocenters. The minimum atomic E-state index is -3.54. The Morgan fingerprint density at radius 2 is 2.09 bits per heavy atom. The number of β-lactam (4-membered cyclic amide) rings is 1. The molecule has 23 heavy (non-hydrogen) atoms. The Morgan fingerprint density at radius 3 is 2.57 bits per heavy atom. The van der Waals surface area contributed by atoms with Gasteiger partial charge in [0.2, 0.25) is 5.91 Å². The van der Waals surface area contributed by atoms with E-state index >= 15 is 0 Å². The second-order valence-electron chi connectivity index (χ2n) is 5.65. The molecule has 10 heteroatoms. The summed E-state index contributed by atoms with van der Waals surface area (Å²) in [6, 6.07) is -0.369. The first kappa shape index (κ1) is 18.2. The van der Waals surface area contributed by atoms with Gasteiger partial charge in [0.15, 0.2) is 0 Å². The maximum absolute atomic E-state index is 12.1. The minimum Gasteiger partial charge on any atom is -0.477 e. The number of carboxylic acid groups (broad SMARTS) is 1. The Morgan fingerprint density at radius 1 is 1.48 bits per heavy atom.